The Morgan fingerprint density at radius 2 is 2.00 bits per heavy atom. The molecular weight excluding hydrogens is 180 g/mol. The molecule has 0 spiro atoms. The van der Waals surface area contributed by atoms with Crippen LogP contribution in [0.15, 0.2) is 24.3 Å². The van der Waals surface area contributed by atoms with Crippen molar-refractivity contribution >= 4 is 0 Å². The summed E-state index contributed by atoms with van der Waals surface area (Å²) in [6.45, 7) is 2.06. The van der Waals surface area contributed by atoms with Gasteiger partial charge in [-0.05, 0) is 17.7 Å². The van der Waals surface area contributed by atoms with Crippen molar-refractivity contribution < 1.29 is 14.2 Å². The number of rotatable bonds is 5. The number of hydrogen-bond donors (Lipinski definition) is 0. The van der Waals surface area contributed by atoms with Crippen LogP contribution in [0.3, 0.4) is 0 Å². The summed E-state index contributed by atoms with van der Waals surface area (Å²) >= 11 is 0. The van der Waals surface area contributed by atoms with E-state index in [-0.39, 0.29) is 0 Å². The van der Waals surface area contributed by atoms with Gasteiger partial charge in [-0.1, -0.05) is 12.1 Å². The lowest BCUT2D eigenvalue weighted by molar-refractivity contribution is 0.146. The molecule has 3 nitrogen and oxygen atoms in total. The molecule has 0 bridgehead atoms. The van der Waals surface area contributed by atoms with Crippen molar-refractivity contribution in [2.75, 3.05) is 26.9 Å². The quantitative estimate of drug-likeness (QED) is 0.529. The average Bonchev–Trinajstić information content (AvgIpc) is 3.03. The van der Waals surface area contributed by atoms with Crippen LogP contribution in [-0.4, -0.2) is 26.9 Å². The van der Waals surface area contributed by atoms with Crippen LogP contribution in [0.2, 0.25) is 0 Å². The molecule has 1 aliphatic heterocycles. The molecular formula is C11H14O3. The minimum atomic E-state index is 0.322. The number of benzene rings is 1. The minimum Gasteiger partial charge on any atom is -0.491 e. The Morgan fingerprint density at radius 3 is 2.57 bits per heavy atom. The van der Waals surface area contributed by atoms with Crippen LogP contribution in [-0.2, 0) is 9.47 Å². The summed E-state index contributed by atoms with van der Waals surface area (Å²) in [6, 6.07) is 8.01. The van der Waals surface area contributed by atoms with E-state index in [1.165, 1.54) is 5.56 Å². The maximum Gasteiger partial charge on any atom is 0.119 e. The third-order valence-electron chi connectivity index (χ3n) is 2.14. The van der Waals surface area contributed by atoms with Crippen molar-refractivity contribution in [2.45, 2.75) is 6.10 Å². The molecule has 3 heteroatoms. The summed E-state index contributed by atoms with van der Waals surface area (Å²) in [5, 5.41) is 0. The fourth-order valence-electron chi connectivity index (χ4n) is 1.26. The van der Waals surface area contributed by atoms with Crippen molar-refractivity contribution in [3.63, 3.8) is 0 Å². The second kappa shape index (κ2) is 4.44. The molecule has 2 rings (SSSR count). The lowest BCUT2D eigenvalue weighted by atomic mass is 10.2. The predicted octanol–water partition coefficient (Wildman–Crippen LogP) is 1.78. The Kier molecular flexibility index (Phi) is 3.01. The smallest absolute Gasteiger partial charge is 0.119 e. The van der Waals surface area contributed by atoms with Gasteiger partial charge in [0, 0.05) is 7.11 Å². The van der Waals surface area contributed by atoms with Crippen molar-refractivity contribution in [3.8, 4) is 5.75 Å². The Bertz CT molecular complexity index is 277. The van der Waals surface area contributed by atoms with E-state index in [0.29, 0.717) is 19.3 Å². The number of hydrogen-bond acceptors (Lipinski definition) is 3. The van der Waals surface area contributed by atoms with Gasteiger partial charge in [-0.3, -0.25) is 0 Å². The fraction of sp³-hybridized carbons (Fsp3) is 0.455. The second-order valence-electron chi connectivity index (χ2n) is 3.23. The topological polar surface area (TPSA) is 31.0 Å². The van der Waals surface area contributed by atoms with Crippen molar-refractivity contribution in [2.24, 2.45) is 0 Å². The maximum atomic E-state index is 5.44. The normalized spacial score (nSPS) is 19.4. The van der Waals surface area contributed by atoms with E-state index >= 15 is 0 Å². The van der Waals surface area contributed by atoms with Crippen LogP contribution in [0.4, 0.5) is 0 Å². The number of methoxy groups -OCH3 is 1. The van der Waals surface area contributed by atoms with Gasteiger partial charge < -0.3 is 14.2 Å². The fourth-order valence-corrected chi connectivity index (χ4v) is 1.26. The van der Waals surface area contributed by atoms with E-state index < -0.39 is 0 Å². The monoisotopic (exact) mass is 194 g/mol. The van der Waals surface area contributed by atoms with Crippen molar-refractivity contribution in [3.05, 3.63) is 29.8 Å². The highest BCUT2D eigenvalue weighted by molar-refractivity contribution is 5.29. The first-order valence-corrected chi connectivity index (χ1v) is 4.73. The Morgan fingerprint density at radius 1 is 1.29 bits per heavy atom. The van der Waals surface area contributed by atoms with E-state index in [4.69, 9.17) is 14.2 Å². The first kappa shape index (κ1) is 9.49. The largest absolute Gasteiger partial charge is 0.491 e. The highest BCUT2D eigenvalue weighted by Gasteiger charge is 2.24. The number of ether oxygens (including phenoxy) is 3. The summed E-state index contributed by atoms with van der Waals surface area (Å²) in [6.07, 6.45) is 0.322. The molecule has 1 aliphatic rings. The predicted molar refractivity (Wildman–Crippen MR) is 52.5 cm³/mol. The zero-order valence-corrected chi connectivity index (χ0v) is 8.23. The van der Waals surface area contributed by atoms with Gasteiger partial charge in [-0.25, -0.2) is 0 Å². The van der Waals surface area contributed by atoms with Crippen molar-refractivity contribution in [1.82, 2.24) is 0 Å². The van der Waals surface area contributed by atoms with E-state index in [2.05, 4.69) is 0 Å². The van der Waals surface area contributed by atoms with Crippen LogP contribution < -0.4 is 4.74 Å². The van der Waals surface area contributed by atoms with Crippen LogP contribution >= 0.6 is 0 Å². The SMILES string of the molecule is COCCOc1ccc([C@H]2CO2)cc1. The van der Waals surface area contributed by atoms with Crippen molar-refractivity contribution in [1.29, 1.82) is 0 Å². The zero-order valence-electron chi connectivity index (χ0n) is 8.23. The van der Waals surface area contributed by atoms with Gasteiger partial charge >= 0.3 is 0 Å². The molecule has 1 fully saturated rings. The third kappa shape index (κ3) is 2.47. The summed E-state index contributed by atoms with van der Waals surface area (Å²) < 4.78 is 15.5. The molecule has 0 N–H and O–H groups in total. The molecule has 0 unspecified atom stereocenters. The van der Waals surface area contributed by atoms with E-state index in [1.807, 2.05) is 24.3 Å². The molecule has 0 amide bonds. The summed E-state index contributed by atoms with van der Waals surface area (Å²) in [5.74, 6) is 0.881. The van der Waals surface area contributed by atoms with Crippen LogP contribution in [0.1, 0.15) is 11.7 Å². The van der Waals surface area contributed by atoms with Gasteiger partial charge in [-0.2, -0.15) is 0 Å². The average molecular weight is 194 g/mol. The van der Waals surface area contributed by atoms with Gasteiger partial charge in [0.2, 0.25) is 0 Å². The molecule has 1 heterocycles. The summed E-state index contributed by atoms with van der Waals surface area (Å²) in [7, 11) is 1.66. The van der Waals surface area contributed by atoms with Gasteiger partial charge in [0.1, 0.15) is 18.5 Å². The molecule has 1 aromatic carbocycles. The number of epoxide rings is 1. The van der Waals surface area contributed by atoms with E-state index in [9.17, 15) is 0 Å². The standard InChI is InChI=1S/C11H14O3/c1-12-6-7-13-10-4-2-9(3-5-10)11-8-14-11/h2-5,11H,6-8H2,1H3/t11-/m1/s1. The molecule has 14 heavy (non-hydrogen) atoms. The molecule has 0 radical (unpaired) electrons. The summed E-state index contributed by atoms with van der Waals surface area (Å²) in [5.41, 5.74) is 1.23. The molecule has 1 aromatic rings. The summed E-state index contributed by atoms with van der Waals surface area (Å²) in [4.78, 5) is 0. The minimum absolute atomic E-state index is 0.322. The molecule has 1 saturated heterocycles. The zero-order chi connectivity index (χ0) is 9.80. The van der Waals surface area contributed by atoms with Crippen LogP contribution in [0.25, 0.3) is 0 Å². The Hall–Kier alpha value is -1.06. The molecule has 0 saturated carbocycles. The van der Waals surface area contributed by atoms with Gasteiger partial charge in [0.05, 0.1) is 13.2 Å². The Labute approximate surface area is 83.6 Å². The highest BCUT2D eigenvalue weighted by atomic mass is 16.6. The van der Waals surface area contributed by atoms with Crippen LogP contribution in [0.5, 0.6) is 5.75 Å². The maximum absolute atomic E-state index is 5.44. The lowest BCUT2D eigenvalue weighted by Gasteiger charge is -2.05. The van der Waals surface area contributed by atoms with Gasteiger partial charge in [0.15, 0.2) is 0 Å². The third-order valence-corrected chi connectivity index (χ3v) is 2.14. The van der Waals surface area contributed by atoms with E-state index in [0.717, 1.165) is 12.4 Å². The second-order valence-corrected chi connectivity index (χ2v) is 3.23. The van der Waals surface area contributed by atoms with E-state index in [1.54, 1.807) is 7.11 Å². The first-order valence-electron chi connectivity index (χ1n) is 4.73. The molecule has 1 atom stereocenters. The van der Waals surface area contributed by atoms with Gasteiger partial charge in [-0.15, -0.1) is 0 Å². The van der Waals surface area contributed by atoms with Crippen LogP contribution in [0, 0.1) is 0 Å². The lowest BCUT2D eigenvalue weighted by Crippen LogP contribution is -2.03. The highest BCUT2D eigenvalue weighted by Crippen LogP contribution is 2.30. The first-order chi connectivity index (χ1) is 6.90. The van der Waals surface area contributed by atoms with Gasteiger partial charge in [0.25, 0.3) is 0 Å². The molecule has 0 aromatic heterocycles. The molecule has 0 aliphatic carbocycles. The molecule has 76 valence electrons. The Balaban J connectivity index is 1.86.